The number of carbonyl (C=O) groups is 1. The number of carboxylic acids is 1. The maximum absolute atomic E-state index is 14.7. The molecule has 0 amide bonds. The first kappa shape index (κ1) is 23.6. The van der Waals surface area contributed by atoms with Crippen molar-refractivity contribution >= 4 is 5.97 Å². The number of benzene rings is 3. The molecule has 6 nitrogen and oxygen atoms in total. The Bertz CT molecular complexity index is 1510. The summed E-state index contributed by atoms with van der Waals surface area (Å²) in [5.41, 5.74) is 7.19. The van der Waals surface area contributed by atoms with Gasteiger partial charge >= 0.3 is 5.97 Å². The second-order valence-electron chi connectivity index (χ2n) is 10.3. The average molecular weight is 498 g/mol. The van der Waals surface area contributed by atoms with Crippen molar-refractivity contribution in [2.75, 3.05) is 0 Å². The van der Waals surface area contributed by atoms with Crippen molar-refractivity contribution in [2.24, 2.45) is 5.92 Å². The molecule has 0 radical (unpaired) electrons. The van der Waals surface area contributed by atoms with Crippen LogP contribution in [-0.2, 0) is 11.2 Å². The van der Waals surface area contributed by atoms with Gasteiger partial charge in [0.1, 0.15) is 5.82 Å². The third-order valence-corrected chi connectivity index (χ3v) is 7.78. The Balaban J connectivity index is 1.19. The van der Waals surface area contributed by atoms with E-state index >= 15 is 0 Å². The molecule has 0 spiro atoms. The van der Waals surface area contributed by atoms with E-state index in [0.717, 1.165) is 35.1 Å². The number of aromatic nitrogens is 2. The second kappa shape index (κ2) is 9.23. The predicted octanol–water partition coefficient (Wildman–Crippen LogP) is 6.27. The molecule has 6 rings (SSSR count). The molecule has 2 aliphatic rings. The van der Waals surface area contributed by atoms with E-state index in [1.807, 2.05) is 37.3 Å². The Kier molecular flexibility index (Phi) is 5.88. The summed E-state index contributed by atoms with van der Waals surface area (Å²) in [4.78, 5) is 15.7. The Hall–Kier alpha value is -3.84. The third kappa shape index (κ3) is 4.33. The molecular formula is C30H28FN3O3. The Labute approximate surface area is 214 Å². The molecule has 2 N–H and O–H groups in total. The summed E-state index contributed by atoms with van der Waals surface area (Å²) in [6.45, 7) is 3.72. The van der Waals surface area contributed by atoms with Crippen LogP contribution in [0.5, 0.6) is 0 Å². The van der Waals surface area contributed by atoms with Crippen LogP contribution in [-0.4, -0.2) is 27.3 Å². The summed E-state index contributed by atoms with van der Waals surface area (Å²) in [5, 5.41) is 17.0. The fraction of sp³-hybridized carbons (Fsp3) is 0.300. The number of carboxylic acid groups (broad SMARTS) is 1. The summed E-state index contributed by atoms with van der Waals surface area (Å²) >= 11 is 0. The minimum Gasteiger partial charge on any atom is -0.481 e. The van der Waals surface area contributed by atoms with Crippen LogP contribution >= 0.6 is 0 Å². The molecule has 0 aliphatic heterocycles. The van der Waals surface area contributed by atoms with E-state index in [1.165, 1.54) is 11.1 Å². The molecule has 188 valence electrons. The first-order valence-corrected chi connectivity index (χ1v) is 12.7. The van der Waals surface area contributed by atoms with E-state index < -0.39 is 5.97 Å². The lowest BCUT2D eigenvalue weighted by molar-refractivity contribution is -0.145. The molecule has 1 fully saturated rings. The van der Waals surface area contributed by atoms with Gasteiger partial charge in [0.2, 0.25) is 5.82 Å². The van der Waals surface area contributed by atoms with Gasteiger partial charge in [-0.3, -0.25) is 4.79 Å². The quantitative estimate of drug-likeness (QED) is 0.327. The largest absolute Gasteiger partial charge is 0.481 e. The smallest absolute Gasteiger partial charge is 0.306 e. The van der Waals surface area contributed by atoms with Crippen LogP contribution in [0.1, 0.15) is 47.6 Å². The number of halogens is 1. The molecule has 7 heteroatoms. The van der Waals surface area contributed by atoms with E-state index in [1.54, 1.807) is 19.1 Å². The van der Waals surface area contributed by atoms with Crippen molar-refractivity contribution in [3.8, 4) is 34.0 Å². The van der Waals surface area contributed by atoms with Crippen LogP contribution in [0, 0.1) is 25.6 Å². The van der Waals surface area contributed by atoms with Gasteiger partial charge in [-0.2, -0.15) is 4.98 Å². The summed E-state index contributed by atoms with van der Waals surface area (Å²) in [5.74, 6) is -0.155. The minimum atomic E-state index is -0.694. The van der Waals surface area contributed by atoms with Crippen LogP contribution in [0.15, 0.2) is 59.1 Å². The van der Waals surface area contributed by atoms with Crippen molar-refractivity contribution in [1.29, 1.82) is 0 Å². The lowest BCUT2D eigenvalue weighted by atomic mass is 9.80. The number of nitrogens with one attached hydrogen (secondary N) is 1. The predicted molar refractivity (Wildman–Crippen MR) is 138 cm³/mol. The Morgan fingerprint density at radius 2 is 1.84 bits per heavy atom. The monoisotopic (exact) mass is 497 g/mol. The number of hydrogen-bond donors (Lipinski definition) is 2. The normalized spacial score (nSPS) is 20.5. The molecular weight excluding hydrogens is 469 g/mol. The zero-order valence-electron chi connectivity index (χ0n) is 20.8. The highest BCUT2D eigenvalue weighted by Gasteiger charge is 2.36. The average Bonchev–Trinajstić information content (AvgIpc) is 3.50. The van der Waals surface area contributed by atoms with Gasteiger partial charge in [0.05, 0.1) is 5.92 Å². The highest BCUT2D eigenvalue weighted by Crippen LogP contribution is 2.37. The SMILES string of the molecule is Cc1cc(-c2nc(-c3ccc4c(c3)CCC4NC3CC(C(=O)O)C3)no2)ccc1-c1cccc(C)c1F. The molecule has 3 aromatic carbocycles. The molecule has 1 unspecified atom stereocenters. The zero-order chi connectivity index (χ0) is 25.7. The van der Waals surface area contributed by atoms with Gasteiger partial charge in [-0.25, -0.2) is 4.39 Å². The molecule has 37 heavy (non-hydrogen) atoms. The fourth-order valence-corrected chi connectivity index (χ4v) is 5.58. The van der Waals surface area contributed by atoms with E-state index in [-0.39, 0.29) is 23.8 Å². The lowest BCUT2D eigenvalue weighted by Crippen LogP contribution is -2.45. The first-order chi connectivity index (χ1) is 17.9. The van der Waals surface area contributed by atoms with Crippen LogP contribution in [0.4, 0.5) is 4.39 Å². The lowest BCUT2D eigenvalue weighted by Gasteiger charge is -2.35. The van der Waals surface area contributed by atoms with Gasteiger partial charge in [0, 0.05) is 28.8 Å². The highest BCUT2D eigenvalue weighted by molar-refractivity contribution is 5.73. The standard InChI is InChI=1S/C30H28FN3O3/c1-16-4-3-5-25(27(16)31)23-9-7-20(12-17(23)2)29-33-28(34-37-29)19-6-10-24-18(13-19)8-11-26(24)32-22-14-21(15-22)30(35)36/h3-7,9-10,12-13,21-22,26,32H,8,11,14-15H2,1-2H3,(H,35,36). The van der Waals surface area contributed by atoms with Gasteiger partial charge < -0.3 is 14.9 Å². The number of aliphatic carboxylic acids is 1. The Morgan fingerprint density at radius 1 is 1.03 bits per heavy atom. The summed E-state index contributed by atoms with van der Waals surface area (Å²) in [6, 6.07) is 17.9. The van der Waals surface area contributed by atoms with Crippen molar-refractivity contribution in [2.45, 2.75) is 51.6 Å². The zero-order valence-corrected chi connectivity index (χ0v) is 20.8. The van der Waals surface area contributed by atoms with Crippen LogP contribution in [0.3, 0.4) is 0 Å². The van der Waals surface area contributed by atoms with Crippen molar-refractivity contribution in [1.82, 2.24) is 15.5 Å². The van der Waals surface area contributed by atoms with Crippen molar-refractivity contribution < 1.29 is 18.8 Å². The van der Waals surface area contributed by atoms with Gasteiger partial charge in [0.15, 0.2) is 0 Å². The van der Waals surface area contributed by atoms with Crippen LogP contribution in [0.2, 0.25) is 0 Å². The molecule has 0 saturated heterocycles. The van der Waals surface area contributed by atoms with Gasteiger partial charge in [0.25, 0.3) is 5.89 Å². The van der Waals surface area contributed by atoms with Crippen molar-refractivity contribution in [3.63, 3.8) is 0 Å². The molecule has 1 heterocycles. The molecule has 0 bridgehead atoms. The number of hydrogen-bond acceptors (Lipinski definition) is 5. The van der Waals surface area contributed by atoms with Crippen LogP contribution in [0.25, 0.3) is 34.0 Å². The molecule has 2 aliphatic carbocycles. The van der Waals surface area contributed by atoms with E-state index in [4.69, 9.17) is 9.63 Å². The van der Waals surface area contributed by atoms with E-state index in [0.29, 0.717) is 35.7 Å². The second-order valence-corrected chi connectivity index (χ2v) is 10.3. The van der Waals surface area contributed by atoms with Gasteiger partial charge in [-0.15, -0.1) is 0 Å². The highest BCUT2D eigenvalue weighted by atomic mass is 19.1. The molecule has 1 saturated carbocycles. The summed E-state index contributed by atoms with van der Waals surface area (Å²) in [7, 11) is 0. The van der Waals surface area contributed by atoms with E-state index in [9.17, 15) is 9.18 Å². The third-order valence-electron chi connectivity index (χ3n) is 7.78. The fourth-order valence-electron chi connectivity index (χ4n) is 5.58. The molecule has 1 aromatic heterocycles. The summed E-state index contributed by atoms with van der Waals surface area (Å²) < 4.78 is 20.3. The maximum Gasteiger partial charge on any atom is 0.306 e. The molecule has 1 atom stereocenters. The van der Waals surface area contributed by atoms with E-state index in [2.05, 4.69) is 27.6 Å². The number of rotatable bonds is 6. The molecule has 4 aromatic rings. The summed E-state index contributed by atoms with van der Waals surface area (Å²) in [6.07, 6.45) is 3.35. The number of nitrogens with zero attached hydrogens (tertiary/aromatic N) is 2. The van der Waals surface area contributed by atoms with Gasteiger partial charge in [-0.05, 0) is 85.5 Å². The maximum atomic E-state index is 14.7. The van der Waals surface area contributed by atoms with Crippen molar-refractivity contribution in [3.05, 3.63) is 82.7 Å². The number of aryl methyl sites for hydroxylation is 3. The Morgan fingerprint density at radius 3 is 2.62 bits per heavy atom. The van der Waals surface area contributed by atoms with Gasteiger partial charge in [-0.1, -0.05) is 41.6 Å². The minimum absolute atomic E-state index is 0.204. The first-order valence-electron chi connectivity index (χ1n) is 12.7. The topological polar surface area (TPSA) is 88.2 Å². The number of fused-ring (bicyclic) bond motifs is 1. The van der Waals surface area contributed by atoms with Crippen LogP contribution < -0.4 is 5.32 Å².